The first-order valence-electron chi connectivity index (χ1n) is 6.60. The molecule has 0 bridgehead atoms. The minimum Gasteiger partial charge on any atom is -0.485 e. The van der Waals surface area contributed by atoms with Gasteiger partial charge in [-0.25, -0.2) is 8.78 Å². The maximum atomic E-state index is 13.7. The quantitative estimate of drug-likeness (QED) is 0.687. The number of benzene rings is 1. The SMILES string of the molecule is Cc1c(Br)cc2c(c1Cl)OC1CC13CC(F)(F)CN3C2=O. The van der Waals surface area contributed by atoms with Crippen molar-refractivity contribution in [2.24, 2.45) is 0 Å². The van der Waals surface area contributed by atoms with Crippen molar-refractivity contribution in [3.8, 4) is 5.75 Å². The number of alkyl halides is 2. The molecular formula is C14H11BrClF2NO2. The van der Waals surface area contributed by atoms with Gasteiger partial charge < -0.3 is 9.64 Å². The summed E-state index contributed by atoms with van der Waals surface area (Å²) in [7, 11) is 0. The second kappa shape index (κ2) is 3.90. The first-order valence-corrected chi connectivity index (χ1v) is 7.77. The summed E-state index contributed by atoms with van der Waals surface area (Å²) in [6.45, 7) is 1.26. The Bertz CT molecular complexity index is 696. The molecule has 2 unspecified atom stereocenters. The molecule has 2 heterocycles. The number of amides is 1. The summed E-state index contributed by atoms with van der Waals surface area (Å²) in [6, 6.07) is 1.60. The van der Waals surface area contributed by atoms with Crippen LogP contribution in [0.15, 0.2) is 10.5 Å². The van der Waals surface area contributed by atoms with Gasteiger partial charge in [0.15, 0.2) is 5.75 Å². The van der Waals surface area contributed by atoms with E-state index in [4.69, 9.17) is 16.3 Å². The van der Waals surface area contributed by atoms with E-state index >= 15 is 0 Å². The molecule has 21 heavy (non-hydrogen) atoms. The van der Waals surface area contributed by atoms with Crippen LogP contribution in [-0.2, 0) is 0 Å². The Labute approximate surface area is 133 Å². The molecule has 2 fully saturated rings. The lowest BCUT2D eigenvalue weighted by molar-refractivity contribution is 0.0112. The van der Waals surface area contributed by atoms with Crippen LogP contribution < -0.4 is 4.74 Å². The Hall–Kier alpha value is -0.880. The van der Waals surface area contributed by atoms with Crippen molar-refractivity contribution in [2.45, 2.75) is 37.3 Å². The van der Waals surface area contributed by atoms with Crippen molar-refractivity contribution in [3.05, 3.63) is 26.7 Å². The zero-order chi connectivity index (χ0) is 15.2. The number of fused-ring (bicyclic) bond motifs is 1. The highest BCUT2D eigenvalue weighted by Crippen LogP contribution is 2.59. The molecule has 3 aliphatic rings. The number of carbonyl (C=O) groups is 1. The van der Waals surface area contributed by atoms with Gasteiger partial charge in [-0.05, 0) is 18.6 Å². The molecule has 7 heteroatoms. The monoisotopic (exact) mass is 377 g/mol. The Morgan fingerprint density at radius 3 is 2.95 bits per heavy atom. The summed E-state index contributed by atoms with van der Waals surface area (Å²) in [6.07, 6.45) is -0.282. The number of hydrogen-bond donors (Lipinski definition) is 0. The van der Waals surface area contributed by atoms with E-state index in [1.807, 2.05) is 6.92 Å². The average molecular weight is 379 g/mol. The summed E-state index contributed by atoms with van der Waals surface area (Å²) in [5.74, 6) is -2.96. The van der Waals surface area contributed by atoms with E-state index in [2.05, 4.69) is 15.9 Å². The standard InChI is InChI=1S/C14H11BrClF2NO2/c1-6-8(15)2-7-11(10(6)16)21-9-3-13(9)4-14(17,18)5-19(13)12(7)20/h2,9H,3-5H2,1H3. The first kappa shape index (κ1) is 13.8. The topological polar surface area (TPSA) is 29.5 Å². The highest BCUT2D eigenvalue weighted by atomic mass is 79.9. The zero-order valence-electron chi connectivity index (χ0n) is 11.1. The third kappa shape index (κ3) is 1.72. The number of hydrogen-bond acceptors (Lipinski definition) is 2. The van der Waals surface area contributed by atoms with Crippen molar-refractivity contribution >= 4 is 33.4 Å². The first-order chi connectivity index (χ1) is 9.75. The maximum Gasteiger partial charge on any atom is 0.267 e. The predicted molar refractivity (Wildman–Crippen MR) is 76.3 cm³/mol. The molecule has 1 aromatic rings. The molecule has 0 aromatic heterocycles. The van der Waals surface area contributed by atoms with Gasteiger partial charge in [-0.1, -0.05) is 27.5 Å². The molecule has 1 aromatic carbocycles. The number of rotatable bonds is 0. The lowest BCUT2D eigenvalue weighted by Gasteiger charge is -2.22. The fraction of sp³-hybridized carbons (Fsp3) is 0.500. The van der Waals surface area contributed by atoms with Gasteiger partial charge in [-0.15, -0.1) is 0 Å². The normalized spacial score (nSPS) is 32.0. The average Bonchev–Trinajstić information content (AvgIpc) is 3.00. The molecule has 112 valence electrons. The second-order valence-electron chi connectivity index (χ2n) is 6.01. The lowest BCUT2D eigenvalue weighted by atomic mass is 10.1. The molecule has 3 nitrogen and oxygen atoms in total. The van der Waals surface area contributed by atoms with Crippen molar-refractivity contribution in [1.29, 1.82) is 0 Å². The van der Waals surface area contributed by atoms with Crippen LogP contribution in [0.4, 0.5) is 8.78 Å². The minimum absolute atomic E-state index is 0.252. The molecule has 0 radical (unpaired) electrons. The van der Waals surface area contributed by atoms with Gasteiger partial charge in [0.1, 0.15) is 6.10 Å². The fourth-order valence-corrected chi connectivity index (χ4v) is 4.19. The summed E-state index contributed by atoms with van der Waals surface area (Å²) in [5.41, 5.74) is 0.163. The summed E-state index contributed by atoms with van der Waals surface area (Å²) < 4.78 is 34.0. The molecule has 4 rings (SSSR count). The molecular weight excluding hydrogens is 368 g/mol. The van der Waals surface area contributed by atoms with E-state index in [0.717, 1.165) is 5.56 Å². The molecule has 0 N–H and O–H groups in total. The highest BCUT2D eigenvalue weighted by molar-refractivity contribution is 9.10. The van der Waals surface area contributed by atoms with Gasteiger partial charge in [0, 0.05) is 17.3 Å². The minimum atomic E-state index is -2.85. The van der Waals surface area contributed by atoms with Crippen molar-refractivity contribution in [3.63, 3.8) is 0 Å². The number of ether oxygens (including phenoxy) is 1. The number of carbonyl (C=O) groups excluding carboxylic acids is 1. The van der Waals surface area contributed by atoms with E-state index < -0.39 is 30.0 Å². The van der Waals surface area contributed by atoms with Crippen LogP contribution in [0.25, 0.3) is 0 Å². The zero-order valence-corrected chi connectivity index (χ0v) is 13.4. The largest absolute Gasteiger partial charge is 0.485 e. The summed E-state index contributed by atoms with van der Waals surface area (Å²) in [5, 5.41) is 0.364. The van der Waals surface area contributed by atoms with Gasteiger partial charge in [0.25, 0.3) is 11.8 Å². The molecule has 1 saturated carbocycles. The van der Waals surface area contributed by atoms with Crippen LogP contribution in [0, 0.1) is 6.92 Å². The van der Waals surface area contributed by atoms with E-state index in [1.165, 1.54) is 4.90 Å². The molecule has 2 aliphatic heterocycles. The van der Waals surface area contributed by atoms with Crippen LogP contribution in [0.2, 0.25) is 5.02 Å². The van der Waals surface area contributed by atoms with Gasteiger partial charge in [-0.3, -0.25) is 4.79 Å². The molecule has 1 aliphatic carbocycles. The Morgan fingerprint density at radius 2 is 2.24 bits per heavy atom. The van der Waals surface area contributed by atoms with Crippen molar-refractivity contribution < 1.29 is 18.3 Å². The van der Waals surface area contributed by atoms with Crippen molar-refractivity contribution in [2.75, 3.05) is 6.54 Å². The third-order valence-electron chi connectivity index (χ3n) is 4.61. The highest BCUT2D eigenvalue weighted by Gasteiger charge is 2.72. The van der Waals surface area contributed by atoms with Gasteiger partial charge >= 0.3 is 0 Å². The van der Waals surface area contributed by atoms with Gasteiger partial charge in [0.05, 0.1) is 22.7 Å². The van der Waals surface area contributed by atoms with E-state index in [0.29, 0.717) is 21.7 Å². The van der Waals surface area contributed by atoms with E-state index in [-0.39, 0.29) is 12.0 Å². The lowest BCUT2D eigenvalue weighted by Crippen LogP contribution is -2.39. The van der Waals surface area contributed by atoms with E-state index in [9.17, 15) is 13.6 Å². The van der Waals surface area contributed by atoms with Crippen LogP contribution in [0.1, 0.15) is 28.8 Å². The predicted octanol–water partition coefficient (Wildman–Crippen LogP) is 3.80. The number of halogens is 4. The Balaban J connectivity index is 1.88. The molecule has 2 atom stereocenters. The molecule has 1 amide bonds. The van der Waals surface area contributed by atoms with Gasteiger partial charge in [0.2, 0.25) is 0 Å². The van der Waals surface area contributed by atoms with Crippen LogP contribution in [0.5, 0.6) is 5.75 Å². The number of nitrogens with zero attached hydrogens (tertiary/aromatic N) is 1. The maximum absolute atomic E-state index is 13.7. The van der Waals surface area contributed by atoms with Gasteiger partial charge in [-0.2, -0.15) is 0 Å². The summed E-state index contributed by atoms with van der Waals surface area (Å²) in [4.78, 5) is 14.0. The van der Waals surface area contributed by atoms with Crippen LogP contribution in [0.3, 0.4) is 0 Å². The molecule has 1 saturated heterocycles. The smallest absolute Gasteiger partial charge is 0.267 e. The fourth-order valence-electron chi connectivity index (χ4n) is 3.40. The van der Waals surface area contributed by atoms with E-state index in [1.54, 1.807) is 6.07 Å². The summed E-state index contributed by atoms with van der Waals surface area (Å²) >= 11 is 9.61. The van der Waals surface area contributed by atoms with Crippen LogP contribution >= 0.6 is 27.5 Å². The second-order valence-corrected chi connectivity index (χ2v) is 7.24. The Kier molecular flexibility index (Phi) is 2.56. The Morgan fingerprint density at radius 1 is 1.52 bits per heavy atom. The van der Waals surface area contributed by atoms with Crippen molar-refractivity contribution in [1.82, 2.24) is 4.90 Å². The van der Waals surface area contributed by atoms with Crippen LogP contribution in [-0.4, -0.2) is 34.9 Å². The molecule has 1 spiro atoms. The third-order valence-corrected chi connectivity index (χ3v) is 5.89.